The summed E-state index contributed by atoms with van der Waals surface area (Å²) < 4.78 is 0. The number of benzene rings is 1. The standard InChI is InChI=1S/C24H42/c1-12-24(10,11)16-21(17(2)3)18-13-19(22(4,5)6)15-20(14-18)23(7,8)9/h13-15,17,21H,12,16H2,1-11H3. The molecule has 1 unspecified atom stereocenters. The Bertz CT molecular complexity index is 500. The molecule has 0 heterocycles. The first-order chi connectivity index (χ1) is 10.7. The topological polar surface area (TPSA) is 0 Å². The van der Waals surface area contributed by atoms with Gasteiger partial charge in [0.1, 0.15) is 0 Å². The van der Waals surface area contributed by atoms with Crippen molar-refractivity contribution in [2.45, 2.75) is 106 Å². The third kappa shape index (κ3) is 5.64. The van der Waals surface area contributed by atoms with Gasteiger partial charge in [-0.2, -0.15) is 0 Å². The second-order valence-corrected chi connectivity index (χ2v) is 10.9. The molecule has 0 bridgehead atoms. The minimum atomic E-state index is 0.192. The van der Waals surface area contributed by atoms with E-state index in [9.17, 15) is 0 Å². The maximum Gasteiger partial charge on any atom is -0.0132 e. The molecule has 0 saturated heterocycles. The number of hydrogen-bond acceptors (Lipinski definition) is 0. The van der Waals surface area contributed by atoms with Crippen molar-refractivity contribution >= 4 is 0 Å². The summed E-state index contributed by atoms with van der Waals surface area (Å²) in [5.74, 6) is 1.29. The van der Waals surface area contributed by atoms with Crippen LogP contribution >= 0.6 is 0 Å². The SMILES string of the molecule is CCC(C)(C)CC(c1cc(C(C)(C)C)cc(C(C)(C)C)c1)C(C)C. The molecule has 0 N–H and O–H groups in total. The van der Waals surface area contributed by atoms with Crippen molar-refractivity contribution in [2.24, 2.45) is 11.3 Å². The lowest BCUT2D eigenvalue weighted by Crippen LogP contribution is -2.21. The lowest BCUT2D eigenvalue weighted by Gasteiger charge is -2.34. The lowest BCUT2D eigenvalue weighted by atomic mass is 9.71. The highest BCUT2D eigenvalue weighted by molar-refractivity contribution is 5.39. The monoisotopic (exact) mass is 330 g/mol. The Morgan fingerprint density at radius 2 is 1.17 bits per heavy atom. The summed E-state index contributed by atoms with van der Waals surface area (Å²) in [6.07, 6.45) is 2.50. The van der Waals surface area contributed by atoms with Gasteiger partial charge in [-0.05, 0) is 51.2 Å². The third-order valence-corrected chi connectivity index (χ3v) is 5.65. The molecule has 0 nitrogen and oxygen atoms in total. The Balaban J connectivity index is 3.47. The van der Waals surface area contributed by atoms with Crippen molar-refractivity contribution in [2.75, 3.05) is 0 Å². The van der Waals surface area contributed by atoms with Crippen LogP contribution in [0.4, 0.5) is 0 Å². The fraction of sp³-hybridized carbons (Fsp3) is 0.750. The average molecular weight is 331 g/mol. The number of rotatable bonds is 5. The molecule has 0 spiro atoms. The fourth-order valence-electron chi connectivity index (χ4n) is 3.21. The third-order valence-electron chi connectivity index (χ3n) is 5.65. The second kappa shape index (κ2) is 7.22. The fourth-order valence-corrected chi connectivity index (χ4v) is 3.21. The first-order valence-corrected chi connectivity index (χ1v) is 9.83. The van der Waals surface area contributed by atoms with Gasteiger partial charge in [-0.25, -0.2) is 0 Å². The highest BCUT2D eigenvalue weighted by Gasteiger charge is 2.28. The van der Waals surface area contributed by atoms with Crippen LogP contribution in [0.25, 0.3) is 0 Å². The van der Waals surface area contributed by atoms with Crippen molar-refractivity contribution in [3.8, 4) is 0 Å². The molecule has 138 valence electrons. The van der Waals surface area contributed by atoms with Crippen LogP contribution in [0.2, 0.25) is 0 Å². The Morgan fingerprint density at radius 3 is 1.46 bits per heavy atom. The zero-order valence-electron chi connectivity index (χ0n) is 18.3. The van der Waals surface area contributed by atoms with Crippen molar-refractivity contribution in [3.63, 3.8) is 0 Å². The molecule has 1 atom stereocenters. The number of hydrogen-bond donors (Lipinski definition) is 0. The summed E-state index contributed by atoms with van der Waals surface area (Å²) in [4.78, 5) is 0. The molecule has 0 fully saturated rings. The van der Waals surface area contributed by atoms with Crippen LogP contribution in [0.1, 0.15) is 112 Å². The van der Waals surface area contributed by atoms with E-state index < -0.39 is 0 Å². The first kappa shape index (κ1) is 21.3. The lowest BCUT2D eigenvalue weighted by molar-refractivity contribution is 0.264. The van der Waals surface area contributed by atoms with Gasteiger partial charge in [-0.15, -0.1) is 0 Å². The van der Waals surface area contributed by atoms with Crippen LogP contribution in [-0.4, -0.2) is 0 Å². The van der Waals surface area contributed by atoms with Crippen molar-refractivity contribution < 1.29 is 0 Å². The smallest absolute Gasteiger partial charge is 0.0132 e. The van der Waals surface area contributed by atoms with Gasteiger partial charge in [0, 0.05) is 0 Å². The predicted octanol–water partition coefficient (Wildman–Crippen LogP) is 7.85. The van der Waals surface area contributed by atoms with Gasteiger partial charge in [0.25, 0.3) is 0 Å². The van der Waals surface area contributed by atoms with Gasteiger partial charge in [0.15, 0.2) is 0 Å². The molecule has 0 aliphatic carbocycles. The van der Waals surface area contributed by atoms with Crippen molar-refractivity contribution in [1.82, 2.24) is 0 Å². The molecule has 1 aromatic rings. The van der Waals surface area contributed by atoms with Gasteiger partial charge < -0.3 is 0 Å². The van der Waals surface area contributed by atoms with Gasteiger partial charge in [0.05, 0.1) is 0 Å². The summed E-state index contributed by atoms with van der Waals surface area (Å²) in [6.45, 7) is 25.9. The van der Waals surface area contributed by atoms with Crippen LogP contribution in [0.3, 0.4) is 0 Å². The van der Waals surface area contributed by atoms with E-state index in [0.717, 1.165) is 0 Å². The van der Waals surface area contributed by atoms with E-state index >= 15 is 0 Å². The Hall–Kier alpha value is -0.780. The van der Waals surface area contributed by atoms with Gasteiger partial charge in [-0.3, -0.25) is 0 Å². The minimum Gasteiger partial charge on any atom is -0.0649 e. The van der Waals surface area contributed by atoms with Crippen LogP contribution in [0, 0.1) is 11.3 Å². The maximum atomic E-state index is 2.49. The van der Waals surface area contributed by atoms with Crippen molar-refractivity contribution in [3.05, 3.63) is 34.9 Å². The highest BCUT2D eigenvalue weighted by atomic mass is 14.3. The largest absolute Gasteiger partial charge is 0.0649 e. The van der Waals surface area contributed by atoms with Crippen LogP contribution < -0.4 is 0 Å². The zero-order valence-corrected chi connectivity index (χ0v) is 18.3. The molecule has 0 aliphatic heterocycles. The Kier molecular flexibility index (Phi) is 6.40. The van der Waals surface area contributed by atoms with Gasteiger partial charge in [-0.1, -0.05) is 101 Å². The zero-order chi connectivity index (χ0) is 18.9. The van der Waals surface area contributed by atoms with Crippen LogP contribution in [0.5, 0.6) is 0 Å². The van der Waals surface area contributed by atoms with E-state index in [2.05, 4.69) is 94.4 Å². The molecule has 0 aromatic heterocycles. The van der Waals surface area contributed by atoms with E-state index in [0.29, 0.717) is 17.3 Å². The van der Waals surface area contributed by atoms with E-state index in [1.54, 1.807) is 5.56 Å². The molecular formula is C24H42. The molecule has 0 aliphatic rings. The summed E-state index contributed by atoms with van der Waals surface area (Å²) in [5, 5.41) is 0. The van der Waals surface area contributed by atoms with E-state index in [1.807, 2.05) is 0 Å². The summed E-state index contributed by atoms with van der Waals surface area (Å²) in [5.41, 5.74) is 5.28. The van der Waals surface area contributed by atoms with Gasteiger partial charge in [0.2, 0.25) is 0 Å². The van der Waals surface area contributed by atoms with Crippen LogP contribution in [0.15, 0.2) is 18.2 Å². The Labute approximate surface area is 152 Å². The summed E-state index contributed by atoms with van der Waals surface area (Å²) >= 11 is 0. The normalized spacial score (nSPS) is 15.0. The minimum absolute atomic E-state index is 0.192. The van der Waals surface area contributed by atoms with Crippen molar-refractivity contribution in [1.29, 1.82) is 0 Å². The molecule has 24 heavy (non-hydrogen) atoms. The van der Waals surface area contributed by atoms with Crippen LogP contribution in [-0.2, 0) is 10.8 Å². The maximum absolute atomic E-state index is 2.49. The molecule has 1 aromatic carbocycles. The first-order valence-electron chi connectivity index (χ1n) is 9.83. The highest BCUT2D eigenvalue weighted by Crippen LogP contribution is 2.41. The van der Waals surface area contributed by atoms with Gasteiger partial charge >= 0.3 is 0 Å². The molecule has 0 saturated carbocycles. The molecule has 0 radical (unpaired) electrons. The molecule has 0 amide bonds. The van der Waals surface area contributed by atoms with E-state index in [4.69, 9.17) is 0 Å². The molecular weight excluding hydrogens is 288 g/mol. The quantitative estimate of drug-likeness (QED) is 0.515. The average Bonchev–Trinajstić information content (AvgIpc) is 2.42. The predicted molar refractivity (Wildman–Crippen MR) is 110 cm³/mol. The van der Waals surface area contributed by atoms with E-state index in [-0.39, 0.29) is 10.8 Å². The second-order valence-electron chi connectivity index (χ2n) is 10.9. The molecule has 0 heteroatoms. The summed E-state index contributed by atoms with van der Waals surface area (Å²) in [6, 6.07) is 7.42. The summed E-state index contributed by atoms with van der Waals surface area (Å²) in [7, 11) is 0. The molecule has 1 rings (SSSR count). The van der Waals surface area contributed by atoms with E-state index in [1.165, 1.54) is 24.0 Å². The Morgan fingerprint density at radius 1 is 0.750 bits per heavy atom.